The maximum Gasteiger partial charge on any atom is 0.254 e. The predicted octanol–water partition coefficient (Wildman–Crippen LogP) is 1.03. The van der Waals surface area contributed by atoms with Gasteiger partial charge in [0.15, 0.2) is 0 Å². The highest BCUT2D eigenvalue weighted by Crippen LogP contribution is 2.23. The van der Waals surface area contributed by atoms with E-state index in [1.165, 1.54) is 16.1 Å². The molecule has 118 valence electrons. The lowest BCUT2D eigenvalue weighted by molar-refractivity contribution is -0.0269. The summed E-state index contributed by atoms with van der Waals surface area (Å²) in [5, 5.41) is 11.9. The fourth-order valence-electron chi connectivity index (χ4n) is 2.59. The standard InChI is InChI=1S/C14H14N6O2S/c1-19-17-13(16-18-19)11-7-20(4-5-22-11)14(21)9-2-3-10-12(6-9)23-8-15-10/h2-3,6,8,11H,4-5,7H2,1H3. The van der Waals surface area contributed by atoms with Gasteiger partial charge in [-0.1, -0.05) is 0 Å². The van der Waals surface area contributed by atoms with Gasteiger partial charge in [-0.05, 0) is 23.4 Å². The summed E-state index contributed by atoms with van der Waals surface area (Å²) in [5.74, 6) is 0.486. The molecular weight excluding hydrogens is 316 g/mol. The van der Waals surface area contributed by atoms with E-state index in [0.717, 1.165) is 10.2 Å². The first-order valence-electron chi connectivity index (χ1n) is 7.19. The molecule has 0 radical (unpaired) electrons. The number of ether oxygens (including phenoxy) is 1. The Morgan fingerprint density at radius 3 is 3.17 bits per heavy atom. The van der Waals surface area contributed by atoms with E-state index in [-0.39, 0.29) is 12.0 Å². The number of fused-ring (bicyclic) bond motifs is 1. The smallest absolute Gasteiger partial charge is 0.254 e. The number of aryl methyl sites for hydroxylation is 1. The van der Waals surface area contributed by atoms with Crippen molar-refractivity contribution < 1.29 is 9.53 Å². The molecule has 2 aromatic heterocycles. The van der Waals surface area contributed by atoms with E-state index in [9.17, 15) is 4.79 Å². The molecule has 1 saturated heterocycles. The largest absolute Gasteiger partial charge is 0.366 e. The zero-order valence-electron chi connectivity index (χ0n) is 12.4. The summed E-state index contributed by atoms with van der Waals surface area (Å²) in [6, 6.07) is 5.58. The highest BCUT2D eigenvalue weighted by atomic mass is 32.1. The molecule has 4 rings (SSSR count). The van der Waals surface area contributed by atoms with Crippen LogP contribution in [0.2, 0.25) is 0 Å². The summed E-state index contributed by atoms with van der Waals surface area (Å²) in [6.45, 7) is 1.43. The van der Waals surface area contributed by atoms with Crippen molar-refractivity contribution >= 4 is 27.5 Å². The Labute approximate surface area is 135 Å². The number of hydrogen-bond acceptors (Lipinski definition) is 7. The van der Waals surface area contributed by atoms with Gasteiger partial charge in [-0.3, -0.25) is 4.79 Å². The van der Waals surface area contributed by atoms with Crippen molar-refractivity contribution in [2.45, 2.75) is 6.10 Å². The molecule has 0 N–H and O–H groups in total. The van der Waals surface area contributed by atoms with E-state index in [1.807, 2.05) is 18.2 Å². The number of aromatic nitrogens is 5. The van der Waals surface area contributed by atoms with Crippen LogP contribution in [0.15, 0.2) is 23.7 Å². The lowest BCUT2D eigenvalue weighted by Crippen LogP contribution is -2.42. The van der Waals surface area contributed by atoms with Crippen LogP contribution >= 0.6 is 11.3 Å². The number of rotatable bonds is 2. The summed E-state index contributed by atoms with van der Waals surface area (Å²) in [4.78, 5) is 20.1. The average molecular weight is 330 g/mol. The number of hydrogen-bond donors (Lipinski definition) is 0. The summed E-state index contributed by atoms with van der Waals surface area (Å²) >= 11 is 1.53. The lowest BCUT2D eigenvalue weighted by atomic mass is 10.1. The van der Waals surface area contributed by atoms with Crippen LogP contribution in [0.25, 0.3) is 10.2 Å². The number of carbonyl (C=O) groups is 1. The number of benzene rings is 1. The molecule has 1 unspecified atom stereocenters. The molecular formula is C14H14N6O2S. The molecule has 0 aliphatic carbocycles. The number of nitrogens with zero attached hydrogens (tertiary/aromatic N) is 6. The van der Waals surface area contributed by atoms with Crippen molar-refractivity contribution in [1.29, 1.82) is 0 Å². The van der Waals surface area contributed by atoms with Crippen molar-refractivity contribution in [3.8, 4) is 0 Å². The van der Waals surface area contributed by atoms with Crippen LogP contribution in [-0.2, 0) is 11.8 Å². The zero-order chi connectivity index (χ0) is 15.8. The van der Waals surface area contributed by atoms with Crippen molar-refractivity contribution in [3.63, 3.8) is 0 Å². The number of amides is 1. The second-order valence-electron chi connectivity index (χ2n) is 5.28. The first-order valence-corrected chi connectivity index (χ1v) is 8.07. The summed E-state index contributed by atoms with van der Waals surface area (Å²) < 4.78 is 6.68. The Morgan fingerprint density at radius 2 is 2.35 bits per heavy atom. The topological polar surface area (TPSA) is 86.0 Å². The number of thiazole rings is 1. The molecule has 0 spiro atoms. The summed E-state index contributed by atoms with van der Waals surface area (Å²) in [5.41, 5.74) is 3.35. The van der Waals surface area contributed by atoms with Gasteiger partial charge >= 0.3 is 0 Å². The summed E-state index contributed by atoms with van der Waals surface area (Å²) in [6.07, 6.45) is -0.339. The van der Waals surface area contributed by atoms with Gasteiger partial charge in [0.05, 0.1) is 35.9 Å². The Hall–Kier alpha value is -2.39. The van der Waals surface area contributed by atoms with Crippen LogP contribution in [0.1, 0.15) is 22.3 Å². The minimum absolute atomic E-state index is 0.0162. The van der Waals surface area contributed by atoms with E-state index >= 15 is 0 Å². The minimum atomic E-state index is -0.339. The Morgan fingerprint density at radius 1 is 1.43 bits per heavy atom. The zero-order valence-corrected chi connectivity index (χ0v) is 13.2. The van der Waals surface area contributed by atoms with Gasteiger partial charge in [0.1, 0.15) is 6.10 Å². The highest BCUT2D eigenvalue weighted by Gasteiger charge is 2.29. The first kappa shape index (κ1) is 14.2. The number of tetrazole rings is 1. The van der Waals surface area contributed by atoms with Gasteiger partial charge in [-0.25, -0.2) is 4.98 Å². The predicted molar refractivity (Wildman–Crippen MR) is 83.0 cm³/mol. The van der Waals surface area contributed by atoms with Gasteiger partial charge in [-0.2, -0.15) is 4.80 Å². The van der Waals surface area contributed by atoms with Gasteiger partial charge in [0.25, 0.3) is 5.91 Å². The quantitative estimate of drug-likeness (QED) is 0.698. The average Bonchev–Trinajstić information content (AvgIpc) is 3.22. The molecule has 1 aromatic carbocycles. The van der Waals surface area contributed by atoms with Crippen molar-refractivity contribution in [2.24, 2.45) is 7.05 Å². The number of morpholine rings is 1. The lowest BCUT2D eigenvalue weighted by Gasteiger charge is -2.31. The van der Waals surface area contributed by atoms with E-state index in [0.29, 0.717) is 31.1 Å². The third kappa shape index (κ3) is 2.68. The van der Waals surface area contributed by atoms with Gasteiger partial charge < -0.3 is 9.64 Å². The second-order valence-corrected chi connectivity index (χ2v) is 6.17. The van der Waals surface area contributed by atoms with Crippen molar-refractivity contribution in [1.82, 2.24) is 30.1 Å². The van der Waals surface area contributed by atoms with E-state index in [2.05, 4.69) is 20.4 Å². The van der Waals surface area contributed by atoms with Crippen molar-refractivity contribution in [2.75, 3.05) is 19.7 Å². The third-order valence-corrected chi connectivity index (χ3v) is 4.54. The van der Waals surface area contributed by atoms with E-state index in [1.54, 1.807) is 17.5 Å². The van der Waals surface area contributed by atoms with Gasteiger partial charge in [-0.15, -0.1) is 21.5 Å². The number of carbonyl (C=O) groups excluding carboxylic acids is 1. The maximum atomic E-state index is 12.7. The molecule has 0 bridgehead atoms. The fourth-order valence-corrected chi connectivity index (χ4v) is 3.30. The Bertz CT molecular complexity index is 860. The molecule has 0 saturated carbocycles. The van der Waals surface area contributed by atoms with E-state index < -0.39 is 0 Å². The molecule has 23 heavy (non-hydrogen) atoms. The van der Waals surface area contributed by atoms with Gasteiger partial charge in [0, 0.05) is 12.1 Å². The Kier molecular flexibility index (Phi) is 3.50. The van der Waals surface area contributed by atoms with Crippen LogP contribution in [0.4, 0.5) is 0 Å². The van der Waals surface area contributed by atoms with E-state index in [4.69, 9.17) is 4.74 Å². The molecule has 9 heteroatoms. The SMILES string of the molecule is Cn1nnc(C2CN(C(=O)c3ccc4ncsc4c3)CCO2)n1. The normalized spacial score (nSPS) is 18.5. The molecule has 3 aromatic rings. The molecule has 1 amide bonds. The highest BCUT2D eigenvalue weighted by molar-refractivity contribution is 7.16. The first-order chi connectivity index (χ1) is 11.2. The Balaban J connectivity index is 1.55. The van der Waals surface area contributed by atoms with Crippen LogP contribution < -0.4 is 0 Å². The van der Waals surface area contributed by atoms with Crippen molar-refractivity contribution in [3.05, 3.63) is 35.1 Å². The second kappa shape index (κ2) is 5.67. The van der Waals surface area contributed by atoms with Crippen LogP contribution in [0, 0.1) is 0 Å². The van der Waals surface area contributed by atoms with Crippen LogP contribution in [0.3, 0.4) is 0 Å². The van der Waals surface area contributed by atoms with Gasteiger partial charge in [0.2, 0.25) is 5.82 Å². The monoisotopic (exact) mass is 330 g/mol. The van der Waals surface area contributed by atoms with Crippen LogP contribution in [0.5, 0.6) is 0 Å². The fraction of sp³-hybridized carbons (Fsp3) is 0.357. The molecule has 8 nitrogen and oxygen atoms in total. The summed E-state index contributed by atoms with van der Waals surface area (Å²) in [7, 11) is 1.70. The van der Waals surface area contributed by atoms with Crippen LogP contribution in [-0.4, -0.2) is 55.7 Å². The molecule has 1 aliphatic heterocycles. The third-order valence-electron chi connectivity index (χ3n) is 3.74. The molecule has 1 fully saturated rings. The molecule has 3 heterocycles. The molecule has 1 aliphatic rings. The molecule has 1 atom stereocenters. The maximum absolute atomic E-state index is 12.7. The minimum Gasteiger partial charge on any atom is -0.366 e.